The van der Waals surface area contributed by atoms with Gasteiger partial charge in [0.15, 0.2) is 0 Å². The largest absolute Gasteiger partial charge is 0.356 e. The second-order valence-corrected chi connectivity index (χ2v) is 11.9. The Morgan fingerprint density at radius 2 is 1.88 bits per heavy atom. The van der Waals surface area contributed by atoms with Crippen molar-refractivity contribution >= 4 is 35.0 Å². The van der Waals surface area contributed by atoms with Gasteiger partial charge in [-0.3, -0.25) is 19.9 Å². The lowest BCUT2D eigenvalue weighted by Gasteiger charge is -2.40. The van der Waals surface area contributed by atoms with Crippen LogP contribution in [0.25, 0.3) is 11.4 Å². The van der Waals surface area contributed by atoms with E-state index in [1.54, 1.807) is 36.5 Å². The first kappa shape index (κ1) is 25.2. The fraction of sp³-hybridized carbons (Fsp3) is 0.267. The number of likely N-dealkylation sites (N-methyl/N-ethyl adjacent to an activating group) is 1. The lowest BCUT2D eigenvalue weighted by atomic mass is 9.76. The predicted octanol–water partition coefficient (Wildman–Crippen LogP) is 5.56. The normalized spacial score (nSPS) is 22.8. The van der Waals surface area contributed by atoms with E-state index in [4.69, 9.17) is 21.6 Å². The maximum Gasteiger partial charge on any atom is 0.147 e. The van der Waals surface area contributed by atoms with Gasteiger partial charge in [-0.05, 0) is 67.0 Å². The Morgan fingerprint density at radius 3 is 2.70 bits per heavy atom. The number of thioether (sulfide) groups is 1. The van der Waals surface area contributed by atoms with Gasteiger partial charge in [-0.2, -0.15) is 0 Å². The summed E-state index contributed by atoms with van der Waals surface area (Å²) in [6, 6.07) is 6.21. The molecule has 0 amide bonds. The molecule has 6 heterocycles. The summed E-state index contributed by atoms with van der Waals surface area (Å²) in [4.78, 5) is 33.8. The van der Waals surface area contributed by atoms with Gasteiger partial charge in [0.05, 0.1) is 16.1 Å². The third-order valence-corrected chi connectivity index (χ3v) is 9.63. The Labute approximate surface area is 242 Å². The number of halogens is 1. The maximum atomic E-state index is 6.78. The van der Waals surface area contributed by atoms with Crippen LogP contribution in [0.2, 0.25) is 5.02 Å². The van der Waals surface area contributed by atoms with Crippen LogP contribution < -0.4 is 0 Å². The first-order valence-corrected chi connectivity index (χ1v) is 14.5. The molecule has 3 aromatic rings. The molecule has 3 aliphatic heterocycles. The zero-order chi connectivity index (χ0) is 27.1. The fourth-order valence-corrected chi connectivity index (χ4v) is 7.15. The van der Waals surface area contributed by atoms with Gasteiger partial charge in [0.25, 0.3) is 0 Å². The van der Waals surface area contributed by atoms with Crippen molar-refractivity contribution in [3.63, 3.8) is 0 Å². The average molecular weight is 567 g/mol. The van der Waals surface area contributed by atoms with Gasteiger partial charge in [-0.25, -0.2) is 9.98 Å². The van der Waals surface area contributed by atoms with Gasteiger partial charge in [-0.15, -0.1) is 0 Å². The average Bonchev–Trinajstić information content (AvgIpc) is 3.34. The number of hydrogen-bond donors (Lipinski definition) is 0. The molecular formula is C30H27ClN8S. The van der Waals surface area contributed by atoms with Gasteiger partial charge in [0.2, 0.25) is 0 Å². The number of aromatic nitrogens is 4. The highest BCUT2D eigenvalue weighted by molar-refractivity contribution is 8.04. The quantitative estimate of drug-likeness (QED) is 0.411. The number of hydrogen-bond acceptors (Lipinski definition) is 9. The minimum absolute atomic E-state index is 0.335. The van der Waals surface area contributed by atoms with Crippen molar-refractivity contribution in [3.8, 4) is 11.4 Å². The van der Waals surface area contributed by atoms with Crippen molar-refractivity contribution in [2.75, 3.05) is 20.1 Å². The van der Waals surface area contributed by atoms with E-state index in [2.05, 4.69) is 43.0 Å². The second-order valence-electron chi connectivity index (χ2n) is 10.5. The van der Waals surface area contributed by atoms with Crippen LogP contribution in [0, 0.1) is 5.41 Å². The first-order chi connectivity index (χ1) is 19.6. The van der Waals surface area contributed by atoms with Crippen molar-refractivity contribution in [3.05, 3.63) is 101 Å². The smallest absolute Gasteiger partial charge is 0.147 e. The molecule has 200 valence electrons. The molecule has 10 heteroatoms. The summed E-state index contributed by atoms with van der Waals surface area (Å²) in [5.74, 6) is 2.64. The number of pyridine rings is 2. The molecule has 0 aromatic carbocycles. The lowest BCUT2D eigenvalue weighted by molar-refractivity contribution is 0.158. The molecule has 0 atom stereocenters. The molecule has 0 unspecified atom stereocenters. The number of rotatable bonds is 3. The molecule has 8 nitrogen and oxygen atoms in total. The lowest BCUT2D eigenvalue weighted by Crippen LogP contribution is -2.43. The topological polar surface area (TPSA) is 82.8 Å². The highest BCUT2D eigenvalue weighted by Crippen LogP contribution is 2.44. The predicted molar refractivity (Wildman–Crippen MR) is 159 cm³/mol. The van der Waals surface area contributed by atoms with Crippen LogP contribution in [0.3, 0.4) is 0 Å². The zero-order valence-electron chi connectivity index (χ0n) is 22.0. The fourth-order valence-electron chi connectivity index (χ4n) is 5.86. The molecule has 7 rings (SSSR count). The number of allylic oxidation sites excluding steroid dienone is 2. The Bertz CT molecular complexity index is 1590. The number of fused-ring (bicyclic) bond motifs is 3. The van der Waals surface area contributed by atoms with Crippen LogP contribution in [-0.4, -0.2) is 61.5 Å². The monoisotopic (exact) mass is 566 g/mol. The van der Waals surface area contributed by atoms with Crippen LogP contribution in [0.15, 0.2) is 99.2 Å². The highest BCUT2D eigenvalue weighted by atomic mass is 35.5. The number of amidine groups is 2. The summed E-state index contributed by atoms with van der Waals surface area (Å²) >= 11 is 8.32. The molecule has 1 saturated heterocycles. The summed E-state index contributed by atoms with van der Waals surface area (Å²) in [5.41, 5.74) is 4.29. The van der Waals surface area contributed by atoms with E-state index in [0.717, 1.165) is 66.1 Å². The van der Waals surface area contributed by atoms with E-state index in [-0.39, 0.29) is 0 Å². The summed E-state index contributed by atoms with van der Waals surface area (Å²) in [6.45, 7) is 1.96. The van der Waals surface area contributed by atoms with Crippen LogP contribution in [-0.2, 0) is 12.8 Å². The van der Waals surface area contributed by atoms with E-state index in [9.17, 15) is 0 Å². The molecule has 0 saturated carbocycles. The molecule has 0 radical (unpaired) electrons. The summed E-state index contributed by atoms with van der Waals surface area (Å²) in [7, 11) is 2.01. The van der Waals surface area contributed by atoms with Crippen molar-refractivity contribution in [1.29, 1.82) is 0 Å². The summed E-state index contributed by atoms with van der Waals surface area (Å²) in [6.07, 6.45) is 21.1. The zero-order valence-corrected chi connectivity index (χ0v) is 23.6. The van der Waals surface area contributed by atoms with E-state index < -0.39 is 0 Å². The van der Waals surface area contributed by atoms with Crippen molar-refractivity contribution < 1.29 is 0 Å². The van der Waals surface area contributed by atoms with Gasteiger partial charge >= 0.3 is 0 Å². The van der Waals surface area contributed by atoms with Gasteiger partial charge in [-0.1, -0.05) is 29.4 Å². The van der Waals surface area contributed by atoms with Gasteiger partial charge < -0.3 is 9.80 Å². The van der Waals surface area contributed by atoms with Crippen molar-refractivity contribution in [2.45, 2.75) is 30.6 Å². The third kappa shape index (κ3) is 4.63. The summed E-state index contributed by atoms with van der Waals surface area (Å²) in [5, 5.41) is 0.539. The molecule has 1 fully saturated rings. The van der Waals surface area contributed by atoms with Gasteiger partial charge in [0.1, 0.15) is 28.9 Å². The van der Waals surface area contributed by atoms with E-state index in [1.165, 1.54) is 11.3 Å². The molecule has 40 heavy (non-hydrogen) atoms. The molecule has 3 aromatic heterocycles. The molecule has 1 aliphatic carbocycles. The van der Waals surface area contributed by atoms with E-state index >= 15 is 0 Å². The molecule has 2 bridgehead atoms. The molecular weight excluding hydrogens is 540 g/mol. The highest BCUT2D eigenvalue weighted by Gasteiger charge is 2.41. The van der Waals surface area contributed by atoms with Gasteiger partial charge in [0, 0.05) is 61.7 Å². The Morgan fingerprint density at radius 1 is 0.975 bits per heavy atom. The third-order valence-electron chi connectivity index (χ3n) is 8.04. The molecule has 1 spiro atoms. The van der Waals surface area contributed by atoms with Crippen molar-refractivity contribution in [1.82, 2.24) is 29.7 Å². The molecule has 4 aliphatic rings. The number of nitrogens with zero attached hydrogens (tertiary/aromatic N) is 8. The SMILES string of the molecule is CN1C2=CC=C(Sc3ccnc(-c4cnccn4)c3Cl)/C1=N/C=C/C(N1CCC3(CC1)Cc1cccnc1C3)=N\2. The second kappa shape index (κ2) is 10.3. The molecule has 0 N–H and O–H groups in total. The van der Waals surface area contributed by atoms with E-state index in [0.29, 0.717) is 21.8 Å². The number of likely N-dealkylation sites (tertiary alicyclic amines) is 1. The Hall–Kier alpha value is -3.82. The van der Waals surface area contributed by atoms with E-state index in [1.807, 2.05) is 42.6 Å². The summed E-state index contributed by atoms with van der Waals surface area (Å²) < 4.78 is 0. The minimum Gasteiger partial charge on any atom is -0.356 e. The Balaban J connectivity index is 1.10. The number of aliphatic imine (C=N–C) groups is 2. The standard InChI is InChI=1S/C30H27ClN8S/c1-38-25-5-4-24(40-23-6-11-35-28(27(23)31)22-19-32-13-14-34-22)29(38)36-12-7-26(37-25)39-15-8-30(9-16-39)17-20-3-2-10-33-21(20)18-30/h2-7,10-14,19H,8-9,15-18H2,1H3/b12-7+,26-7?,36-12?,36-29-,37-25?,37-26+. The van der Waals surface area contributed by atoms with Crippen LogP contribution >= 0.6 is 23.4 Å². The minimum atomic E-state index is 0.335. The number of piperidine rings is 1. The Kier molecular flexibility index (Phi) is 6.48. The van der Waals surface area contributed by atoms with Crippen LogP contribution in [0.1, 0.15) is 24.1 Å². The maximum absolute atomic E-state index is 6.78. The van der Waals surface area contributed by atoms with Crippen LogP contribution in [0.4, 0.5) is 0 Å². The van der Waals surface area contributed by atoms with Crippen molar-refractivity contribution in [2.24, 2.45) is 15.4 Å². The van der Waals surface area contributed by atoms with Crippen LogP contribution in [0.5, 0.6) is 0 Å². The first-order valence-electron chi connectivity index (χ1n) is 13.3.